The van der Waals surface area contributed by atoms with E-state index < -0.39 is 11.5 Å². The molecule has 3 aromatic rings. The molecule has 10 nitrogen and oxygen atoms in total. The molecule has 1 saturated carbocycles. The number of aromatic nitrogens is 1. The molecular formula is C35H43N5O5S. The number of thiazole rings is 1. The van der Waals surface area contributed by atoms with Gasteiger partial charge in [-0.05, 0) is 49.9 Å². The number of morpholine rings is 1. The number of nitrogens with zero attached hydrogens (tertiary/aromatic N) is 4. The van der Waals surface area contributed by atoms with Crippen molar-refractivity contribution in [1.29, 1.82) is 0 Å². The predicted octanol–water partition coefficient (Wildman–Crippen LogP) is 4.75. The second-order valence-corrected chi connectivity index (χ2v) is 13.2. The van der Waals surface area contributed by atoms with Crippen LogP contribution in [0.2, 0.25) is 0 Å². The van der Waals surface area contributed by atoms with Crippen molar-refractivity contribution in [3.63, 3.8) is 0 Å². The first kappa shape index (κ1) is 32.2. The van der Waals surface area contributed by atoms with Crippen molar-refractivity contribution in [3.8, 4) is 11.3 Å². The first-order valence-electron chi connectivity index (χ1n) is 16.3. The molecule has 0 unspecified atom stereocenters. The van der Waals surface area contributed by atoms with E-state index in [4.69, 9.17) is 14.5 Å². The van der Waals surface area contributed by atoms with Crippen LogP contribution in [0.4, 0.5) is 10.8 Å². The molecular weight excluding hydrogens is 602 g/mol. The minimum absolute atomic E-state index is 0.229. The van der Waals surface area contributed by atoms with E-state index in [-0.39, 0.29) is 18.4 Å². The summed E-state index contributed by atoms with van der Waals surface area (Å²) in [5.74, 6) is -1.12. The Kier molecular flexibility index (Phi) is 10.3. The highest BCUT2D eigenvalue weighted by atomic mass is 32.1. The minimum Gasteiger partial charge on any atom is -0.468 e. The Morgan fingerprint density at radius 3 is 2.35 bits per heavy atom. The van der Waals surface area contributed by atoms with Crippen molar-refractivity contribution in [2.75, 3.05) is 62.8 Å². The van der Waals surface area contributed by atoms with Crippen LogP contribution in [0.3, 0.4) is 0 Å². The van der Waals surface area contributed by atoms with Gasteiger partial charge in [-0.3, -0.25) is 24.2 Å². The summed E-state index contributed by atoms with van der Waals surface area (Å²) in [4.78, 5) is 51.5. The summed E-state index contributed by atoms with van der Waals surface area (Å²) in [5, 5.41) is 6.22. The van der Waals surface area contributed by atoms with Crippen LogP contribution >= 0.6 is 11.3 Å². The highest BCUT2D eigenvalue weighted by molar-refractivity contribution is 7.14. The lowest BCUT2D eigenvalue weighted by atomic mass is 9.80. The van der Waals surface area contributed by atoms with Crippen molar-refractivity contribution < 1.29 is 23.9 Å². The van der Waals surface area contributed by atoms with Gasteiger partial charge in [-0.15, -0.1) is 11.3 Å². The number of para-hydroxylation sites is 1. The van der Waals surface area contributed by atoms with E-state index in [2.05, 4.69) is 20.5 Å². The van der Waals surface area contributed by atoms with E-state index in [1.807, 2.05) is 30.3 Å². The van der Waals surface area contributed by atoms with Crippen molar-refractivity contribution in [1.82, 2.24) is 15.2 Å². The first-order valence-corrected chi connectivity index (χ1v) is 17.2. The molecule has 1 aromatic heterocycles. The van der Waals surface area contributed by atoms with Gasteiger partial charge in [-0.25, -0.2) is 4.98 Å². The average molecular weight is 646 g/mol. The molecule has 2 aromatic carbocycles. The number of carbonyl (C=O) groups excluding carboxylic acids is 3. The molecule has 1 aliphatic carbocycles. The van der Waals surface area contributed by atoms with Crippen LogP contribution in [0.5, 0.6) is 0 Å². The van der Waals surface area contributed by atoms with Crippen LogP contribution in [0, 0.1) is 0 Å². The highest BCUT2D eigenvalue weighted by Crippen LogP contribution is 2.33. The maximum atomic E-state index is 14.2. The normalized spacial score (nSPS) is 18.9. The molecule has 6 rings (SSSR count). The smallest absolute Gasteiger partial charge is 0.325 e. The maximum Gasteiger partial charge on any atom is 0.325 e. The third-order valence-corrected chi connectivity index (χ3v) is 10.4. The number of carbonyl (C=O) groups is 3. The number of esters is 1. The highest BCUT2D eigenvalue weighted by Gasteiger charge is 2.44. The fourth-order valence-electron chi connectivity index (χ4n) is 6.88. The molecule has 2 aliphatic heterocycles. The molecule has 0 atom stereocenters. The number of hydrogen-bond acceptors (Lipinski definition) is 9. The quantitative estimate of drug-likeness (QED) is 0.333. The standard InChI is InChI=1S/C35H43N5O5S/c1-44-31(41)24-40(29-8-4-2-5-9-29)33(43)35(16-6-3-7-17-35)37-32(42)27-12-10-26(11-13-27)30-25-46-34(36-30)39-18-14-28(15-19-39)38-20-22-45-23-21-38/h2,4-5,8-13,25,28H,3,6-7,14-24H2,1H3,(H,37,42). The molecule has 1 N–H and O–H groups in total. The van der Waals surface area contributed by atoms with Gasteiger partial charge >= 0.3 is 5.97 Å². The monoisotopic (exact) mass is 645 g/mol. The van der Waals surface area contributed by atoms with Gasteiger partial charge in [0.05, 0.1) is 26.0 Å². The number of rotatable bonds is 9. The number of anilines is 2. The van der Waals surface area contributed by atoms with E-state index in [9.17, 15) is 14.4 Å². The lowest BCUT2D eigenvalue weighted by molar-refractivity contribution is -0.140. The van der Waals surface area contributed by atoms with E-state index >= 15 is 0 Å². The molecule has 3 fully saturated rings. The molecule has 46 heavy (non-hydrogen) atoms. The summed E-state index contributed by atoms with van der Waals surface area (Å²) < 4.78 is 10.4. The summed E-state index contributed by atoms with van der Waals surface area (Å²) in [5.41, 5.74) is 1.78. The molecule has 244 valence electrons. The lowest BCUT2D eigenvalue weighted by Gasteiger charge is -2.40. The van der Waals surface area contributed by atoms with Gasteiger partial charge in [0.25, 0.3) is 11.8 Å². The summed E-state index contributed by atoms with van der Waals surface area (Å²) >= 11 is 1.66. The maximum absolute atomic E-state index is 14.2. The van der Waals surface area contributed by atoms with Gasteiger partial charge in [0.15, 0.2) is 5.13 Å². The number of piperidine rings is 1. The Morgan fingerprint density at radius 2 is 1.67 bits per heavy atom. The summed E-state index contributed by atoms with van der Waals surface area (Å²) in [6.07, 6.45) is 5.88. The van der Waals surface area contributed by atoms with Gasteiger partial charge in [0.2, 0.25) is 0 Å². The molecule has 2 amide bonds. The predicted molar refractivity (Wildman–Crippen MR) is 179 cm³/mol. The van der Waals surface area contributed by atoms with E-state index in [0.29, 0.717) is 30.1 Å². The average Bonchev–Trinajstić information content (AvgIpc) is 3.62. The third kappa shape index (κ3) is 7.27. The van der Waals surface area contributed by atoms with Crippen LogP contribution in [0.15, 0.2) is 60.0 Å². The summed E-state index contributed by atoms with van der Waals surface area (Å²) in [7, 11) is 1.31. The zero-order valence-electron chi connectivity index (χ0n) is 26.5. The van der Waals surface area contributed by atoms with Gasteiger partial charge in [0.1, 0.15) is 12.1 Å². The van der Waals surface area contributed by atoms with E-state index in [1.165, 1.54) is 12.0 Å². The molecule has 3 aliphatic rings. The van der Waals surface area contributed by atoms with Crippen LogP contribution < -0.4 is 15.1 Å². The minimum atomic E-state index is -1.11. The van der Waals surface area contributed by atoms with Crippen molar-refractivity contribution in [2.45, 2.75) is 56.5 Å². The number of methoxy groups -OCH3 is 1. The lowest BCUT2D eigenvalue weighted by Crippen LogP contribution is -2.61. The zero-order chi connectivity index (χ0) is 31.9. The Labute approximate surface area is 274 Å². The number of benzene rings is 2. The number of hydrogen-bond donors (Lipinski definition) is 1. The Morgan fingerprint density at radius 1 is 0.978 bits per heavy atom. The van der Waals surface area contributed by atoms with Crippen LogP contribution in [-0.2, 0) is 19.1 Å². The van der Waals surface area contributed by atoms with Gasteiger partial charge < -0.3 is 19.7 Å². The largest absolute Gasteiger partial charge is 0.468 e. The number of amides is 2. The van der Waals surface area contributed by atoms with Gasteiger partial charge in [0, 0.05) is 54.4 Å². The number of ether oxygens (including phenoxy) is 2. The fourth-order valence-corrected chi connectivity index (χ4v) is 7.77. The first-order chi connectivity index (χ1) is 22.5. The van der Waals surface area contributed by atoms with E-state index in [1.54, 1.807) is 35.6 Å². The molecule has 0 spiro atoms. The van der Waals surface area contributed by atoms with Crippen LogP contribution in [0.1, 0.15) is 55.3 Å². The summed E-state index contributed by atoms with van der Waals surface area (Å²) in [6.45, 7) is 5.48. The fraction of sp³-hybridized carbons (Fsp3) is 0.486. The molecule has 2 saturated heterocycles. The number of nitrogens with one attached hydrogen (secondary N) is 1. The van der Waals surface area contributed by atoms with Crippen LogP contribution in [-0.4, -0.2) is 92.3 Å². The Balaban J connectivity index is 1.12. The zero-order valence-corrected chi connectivity index (χ0v) is 27.3. The Bertz CT molecular complexity index is 1480. The molecule has 0 bridgehead atoms. The van der Waals surface area contributed by atoms with E-state index in [0.717, 1.165) is 87.9 Å². The topological polar surface area (TPSA) is 104 Å². The molecule has 3 heterocycles. The van der Waals surface area contributed by atoms with Crippen molar-refractivity contribution in [2.24, 2.45) is 0 Å². The SMILES string of the molecule is COC(=O)CN(C(=O)C1(NC(=O)c2ccc(-c3csc(N4CCC(N5CCOCC5)CC4)n3)cc2)CCCCC1)c1ccccc1. The molecule has 11 heteroatoms. The second kappa shape index (κ2) is 14.7. The van der Waals surface area contributed by atoms with Crippen molar-refractivity contribution >= 4 is 39.9 Å². The second-order valence-electron chi connectivity index (χ2n) is 12.4. The third-order valence-electron chi connectivity index (χ3n) is 9.53. The van der Waals surface area contributed by atoms with Gasteiger partial charge in [-0.2, -0.15) is 0 Å². The van der Waals surface area contributed by atoms with Crippen LogP contribution in [0.25, 0.3) is 11.3 Å². The Hall–Kier alpha value is -3.80. The molecule has 0 radical (unpaired) electrons. The van der Waals surface area contributed by atoms with Crippen molar-refractivity contribution in [3.05, 3.63) is 65.5 Å². The summed E-state index contributed by atoms with van der Waals surface area (Å²) in [6, 6.07) is 17.1. The van der Waals surface area contributed by atoms with Gasteiger partial charge in [-0.1, -0.05) is 49.6 Å².